The molecule has 0 radical (unpaired) electrons. The number of nitrogens with zero attached hydrogens (tertiary/aromatic N) is 1. The summed E-state index contributed by atoms with van der Waals surface area (Å²) in [7, 11) is 0. The molecule has 1 saturated heterocycles. The van der Waals surface area contributed by atoms with E-state index in [0.717, 1.165) is 52.6 Å². The van der Waals surface area contributed by atoms with Gasteiger partial charge in [-0.2, -0.15) is 0 Å². The summed E-state index contributed by atoms with van der Waals surface area (Å²) in [5, 5.41) is 2.47. The Hall–Kier alpha value is -1.95. The fourth-order valence-corrected chi connectivity index (χ4v) is 3.99. The molecular weight excluding hydrogens is 422 g/mol. The predicted molar refractivity (Wildman–Crippen MR) is 117 cm³/mol. The normalized spacial score (nSPS) is 14.3. The Labute approximate surface area is 173 Å². The quantitative estimate of drug-likeness (QED) is 0.519. The molecule has 0 bridgehead atoms. The zero-order valence-corrected chi connectivity index (χ0v) is 17.3. The van der Waals surface area contributed by atoms with Crippen molar-refractivity contribution in [1.29, 1.82) is 0 Å². The number of rotatable bonds is 4. The average Bonchev–Trinajstić information content (AvgIpc) is 2.73. The van der Waals surface area contributed by atoms with Crippen molar-refractivity contribution < 1.29 is 9.47 Å². The summed E-state index contributed by atoms with van der Waals surface area (Å²) >= 11 is 9.26. The molecule has 1 aliphatic rings. The third kappa shape index (κ3) is 4.32. The van der Waals surface area contributed by atoms with Gasteiger partial charge in [-0.25, -0.2) is 0 Å². The lowest BCUT2D eigenvalue weighted by atomic mass is 10.1. The number of thiocarbonyl (C=S) groups is 1. The number of halogens is 1. The van der Waals surface area contributed by atoms with Gasteiger partial charge in [0, 0.05) is 18.7 Å². The first-order chi connectivity index (χ1) is 13.2. The molecule has 4 rings (SSSR count). The van der Waals surface area contributed by atoms with Gasteiger partial charge in [0.1, 0.15) is 17.3 Å². The van der Waals surface area contributed by atoms with Crippen LogP contribution in [0.25, 0.3) is 10.8 Å². The van der Waals surface area contributed by atoms with E-state index in [-0.39, 0.29) is 0 Å². The standard InChI is InChI=1S/C22H20BrNO2S/c23-20-14-19(22(27)24-9-11-25-12-10-24)7-8-21(20)26-15-16-5-6-17-3-1-2-4-18(17)13-16/h1-8,13-14H,9-12,15H2. The Morgan fingerprint density at radius 1 is 1.00 bits per heavy atom. The number of hydrogen-bond acceptors (Lipinski definition) is 3. The third-order valence-electron chi connectivity index (χ3n) is 4.69. The van der Waals surface area contributed by atoms with Crippen molar-refractivity contribution in [3.05, 3.63) is 76.3 Å². The lowest BCUT2D eigenvalue weighted by Gasteiger charge is -2.29. The molecule has 0 amide bonds. The molecule has 27 heavy (non-hydrogen) atoms. The van der Waals surface area contributed by atoms with Crippen LogP contribution in [0.1, 0.15) is 11.1 Å². The second-order valence-electron chi connectivity index (χ2n) is 6.52. The van der Waals surface area contributed by atoms with Crippen molar-refractivity contribution in [1.82, 2.24) is 4.90 Å². The Kier molecular flexibility index (Phi) is 5.72. The van der Waals surface area contributed by atoms with E-state index in [4.69, 9.17) is 21.7 Å². The lowest BCUT2D eigenvalue weighted by molar-refractivity contribution is 0.0693. The highest BCUT2D eigenvalue weighted by Gasteiger charge is 2.16. The third-order valence-corrected chi connectivity index (χ3v) is 5.80. The maximum absolute atomic E-state index is 6.03. The van der Waals surface area contributed by atoms with Crippen LogP contribution in [0.5, 0.6) is 5.75 Å². The summed E-state index contributed by atoms with van der Waals surface area (Å²) in [6.45, 7) is 3.67. The van der Waals surface area contributed by atoms with Crippen molar-refractivity contribution in [2.45, 2.75) is 6.61 Å². The van der Waals surface area contributed by atoms with Crippen molar-refractivity contribution in [3.63, 3.8) is 0 Å². The highest BCUT2D eigenvalue weighted by Crippen LogP contribution is 2.28. The highest BCUT2D eigenvalue weighted by molar-refractivity contribution is 9.10. The Balaban J connectivity index is 1.45. The maximum Gasteiger partial charge on any atom is 0.134 e. The summed E-state index contributed by atoms with van der Waals surface area (Å²) in [6, 6.07) is 20.8. The van der Waals surface area contributed by atoms with Gasteiger partial charge in [-0.1, -0.05) is 48.6 Å². The molecule has 0 unspecified atom stereocenters. The van der Waals surface area contributed by atoms with Crippen molar-refractivity contribution in [2.24, 2.45) is 0 Å². The Morgan fingerprint density at radius 2 is 1.78 bits per heavy atom. The van der Waals surface area contributed by atoms with Crippen LogP contribution in [-0.4, -0.2) is 36.2 Å². The number of hydrogen-bond donors (Lipinski definition) is 0. The van der Waals surface area contributed by atoms with Gasteiger partial charge in [0.2, 0.25) is 0 Å². The topological polar surface area (TPSA) is 21.7 Å². The van der Waals surface area contributed by atoms with Gasteiger partial charge in [0.05, 0.1) is 17.7 Å². The first kappa shape index (κ1) is 18.4. The van der Waals surface area contributed by atoms with E-state index in [9.17, 15) is 0 Å². The van der Waals surface area contributed by atoms with Crippen molar-refractivity contribution in [3.8, 4) is 5.75 Å². The molecule has 138 valence electrons. The van der Waals surface area contributed by atoms with Gasteiger partial charge in [-0.15, -0.1) is 0 Å². The molecule has 0 aromatic heterocycles. The molecule has 0 aliphatic carbocycles. The molecule has 0 spiro atoms. The number of ether oxygens (including phenoxy) is 2. The molecule has 0 saturated carbocycles. The first-order valence-electron chi connectivity index (χ1n) is 8.98. The molecule has 1 aliphatic heterocycles. The smallest absolute Gasteiger partial charge is 0.134 e. The average molecular weight is 442 g/mol. The minimum absolute atomic E-state index is 0.524. The number of morpholine rings is 1. The predicted octanol–water partition coefficient (Wildman–Crippen LogP) is 5.19. The van der Waals surface area contributed by atoms with Crippen LogP contribution < -0.4 is 4.74 Å². The minimum Gasteiger partial charge on any atom is -0.488 e. The largest absolute Gasteiger partial charge is 0.488 e. The maximum atomic E-state index is 6.03. The van der Waals surface area contributed by atoms with Crippen molar-refractivity contribution >= 4 is 43.9 Å². The van der Waals surface area contributed by atoms with Crippen LogP contribution in [0.4, 0.5) is 0 Å². The van der Waals surface area contributed by atoms with E-state index in [2.05, 4.69) is 63.3 Å². The summed E-state index contributed by atoms with van der Waals surface area (Å²) < 4.78 is 12.3. The lowest BCUT2D eigenvalue weighted by Crippen LogP contribution is -2.40. The van der Waals surface area contributed by atoms with E-state index in [0.29, 0.717) is 6.61 Å². The van der Waals surface area contributed by atoms with Gasteiger partial charge >= 0.3 is 0 Å². The van der Waals surface area contributed by atoms with E-state index in [1.54, 1.807) is 0 Å². The van der Waals surface area contributed by atoms with Gasteiger partial charge in [0.15, 0.2) is 0 Å². The molecular formula is C22H20BrNO2S. The Morgan fingerprint density at radius 3 is 2.56 bits per heavy atom. The van der Waals surface area contributed by atoms with Crippen LogP contribution in [0.15, 0.2) is 65.1 Å². The molecule has 5 heteroatoms. The molecule has 3 aromatic carbocycles. The van der Waals surface area contributed by atoms with Gasteiger partial charge in [0.25, 0.3) is 0 Å². The Bertz CT molecular complexity index is 969. The van der Waals surface area contributed by atoms with E-state index < -0.39 is 0 Å². The van der Waals surface area contributed by atoms with E-state index in [1.165, 1.54) is 10.8 Å². The summed E-state index contributed by atoms with van der Waals surface area (Å²) in [5.41, 5.74) is 2.17. The highest BCUT2D eigenvalue weighted by atomic mass is 79.9. The minimum atomic E-state index is 0.524. The molecule has 0 atom stereocenters. The van der Waals surface area contributed by atoms with Gasteiger partial charge in [-0.05, 0) is 56.5 Å². The molecule has 0 N–H and O–H groups in total. The van der Waals surface area contributed by atoms with Crippen LogP contribution in [-0.2, 0) is 11.3 Å². The summed E-state index contributed by atoms with van der Waals surface area (Å²) in [4.78, 5) is 3.05. The van der Waals surface area contributed by atoms with Crippen molar-refractivity contribution in [2.75, 3.05) is 26.3 Å². The second kappa shape index (κ2) is 8.38. The van der Waals surface area contributed by atoms with E-state index >= 15 is 0 Å². The molecule has 3 nitrogen and oxygen atoms in total. The fraction of sp³-hybridized carbons (Fsp3) is 0.227. The number of benzene rings is 3. The second-order valence-corrected chi connectivity index (χ2v) is 7.76. The SMILES string of the molecule is S=C(c1ccc(OCc2ccc3ccccc3c2)c(Br)c1)N1CCOCC1. The van der Waals surface area contributed by atoms with Crippen LogP contribution in [0.3, 0.4) is 0 Å². The van der Waals surface area contributed by atoms with Gasteiger partial charge in [-0.3, -0.25) is 0 Å². The van der Waals surface area contributed by atoms with Gasteiger partial charge < -0.3 is 14.4 Å². The molecule has 3 aromatic rings. The molecule has 1 fully saturated rings. The fourth-order valence-electron chi connectivity index (χ4n) is 3.19. The monoisotopic (exact) mass is 441 g/mol. The first-order valence-corrected chi connectivity index (χ1v) is 10.2. The summed E-state index contributed by atoms with van der Waals surface area (Å²) in [5.74, 6) is 0.816. The van der Waals surface area contributed by atoms with Crippen LogP contribution in [0, 0.1) is 0 Å². The zero-order valence-electron chi connectivity index (χ0n) is 14.9. The summed E-state index contributed by atoms with van der Waals surface area (Å²) in [6.07, 6.45) is 0. The zero-order chi connectivity index (χ0) is 18.6. The van der Waals surface area contributed by atoms with Crippen LogP contribution >= 0.6 is 28.1 Å². The van der Waals surface area contributed by atoms with E-state index in [1.807, 2.05) is 18.2 Å². The van der Waals surface area contributed by atoms with Crippen LogP contribution in [0.2, 0.25) is 0 Å². The number of fused-ring (bicyclic) bond motifs is 1. The molecule has 1 heterocycles.